The maximum Gasteiger partial charge on any atom is 0.264 e. The van der Waals surface area contributed by atoms with Crippen LogP contribution in [0.5, 0.6) is 5.75 Å². The van der Waals surface area contributed by atoms with Crippen LogP contribution in [-0.4, -0.2) is 48.6 Å². The highest BCUT2D eigenvalue weighted by molar-refractivity contribution is 7.89. The lowest BCUT2D eigenvalue weighted by atomic mass is 10.1. The van der Waals surface area contributed by atoms with E-state index in [1.165, 1.54) is 29.7 Å². The maximum atomic E-state index is 14.1. The highest BCUT2D eigenvalue weighted by Crippen LogP contribution is 2.27. The van der Waals surface area contributed by atoms with Gasteiger partial charge in [-0.15, -0.1) is 0 Å². The molecule has 1 fully saturated rings. The number of hydrogen-bond acceptors (Lipinski definition) is 6. The molecule has 1 heterocycles. The zero-order valence-electron chi connectivity index (χ0n) is 17.4. The molecule has 1 aliphatic rings. The molecule has 0 unspecified atom stereocenters. The van der Waals surface area contributed by atoms with Crippen LogP contribution in [0.1, 0.15) is 25.0 Å². The lowest BCUT2D eigenvalue weighted by molar-refractivity contribution is -0.146. The van der Waals surface area contributed by atoms with E-state index >= 15 is 0 Å². The third-order valence-electron chi connectivity index (χ3n) is 5.11. The van der Waals surface area contributed by atoms with Crippen LogP contribution in [0.2, 0.25) is 0 Å². The molecule has 3 atom stereocenters. The molecule has 8 nitrogen and oxygen atoms in total. The number of benzene rings is 2. The number of nitrogens with zero attached hydrogens (tertiary/aromatic N) is 1. The first-order valence-corrected chi connectivity index (χ1v) is 11.2. The van der Waals surface area contributed by atoms with Gasteiger partial charge < -0.3 is 9.47 Å². The van der Waals surface area contributed by atoms with E-state index in [4.69, 9.17) is 14.7 Å². The molecule has 0 aromatic heterocycles. The highest BCUT2D eigenvalue weighted by Gasteiger charge is 2.44. The lowest BCUT2D eigenvalue weighted by Crippen LogP contribution is -2.60. The minimum Gasteiger partial charge on any atom is -0.489 e. The summed E-state index contributed by atoms with van der Waals surface area (Å²) in [5.41, 5.74) is 2.41. The van der Waals surface area contributed by atoms with Gasteiger partial charge in [0.1, 0.15) is 24.2 Å². The summed E-state index contributed by atoms with van der Waals surface area (Å²) in [5, 5.41) is 9.03. The third-order valence-corrected chi connectivity index (χ3v) is 6.98. The van der Waals surface area contributed by atoms with Crippen molar-refractivity contribution in [3.63, 3.8) is 0 Å². The Hall–Kier alpha value is -2.53. The molecule has 1 saturated heterocycles. The first-order chi connectivity index (χ1) is 14.6. The van der Waals surface area contributed by atoms with E-state index in [1.54, 1.807) is 39.0 Å². The molecule has 1 aliphatic heterocycles. The molecule has 0 spiro atoms. The van der Waals surface area contributed by atoms with Crippen molar-refractivity contribution in [2.75, 3.05) is 6.54 Å². The normalized spacial score (nSPS) is 22.2. The number of ether oxygens (including phenoxy) is 2. The van der Waals surface area contributed by atoms with Gasteiger partial charge in [-0.05, 0) is 50.6 Å². The van der Waals surface area contributed by atoms with Crippen LogP contribution >= 0.6 is 0 Å². The molecule has 31 heavy (non-hydrogen) atoms. The summed E-state index contributed by atoms with van der Waals surface area (Å²) in [6.07, 6.45) is -1.18. The minimum atomic E-state index is -4.06. The number of hydrogen-bond donors (Lipinski definition) is 2. The summed E-state index contributed by atoms with van der Waals surface area (Å²) in [6, 6.07) is 9.45. The first kappa shape index (κ1) is 23.1. The minimum absolute atomic E-state index is 0.00313. The predicted octanol–water partition coefficient (Wildman–Crippen LogP) is 2.39. The van der Waals surface area contributed by atoms with Gasteiger partial charge in [0.15, 0.2) is 0 Å². The molecular weight excluding hydrogens is 427 g/mol. The average Bonchev–Trinajstić information content (AvgIpc) is 2.74. The second-order valence-electron chi connectivity index (χ2n) is 7.46. The van der Waals surface area contributed by atoms with Crippen molar-refractivity contribution in [3.8, 4) is 5.75 Å². The Kier molecular flexibility index (Phi) is 6.95. The van der Waals surface area contributed by atoms with Crippen molar-refractivity contribution in [1.82, 2.24) is 9.79 Å². The maximum absolute atomic E-state index is 14.1. The Morgan fingerprint density at radius 2 is 1.94 bits per heavy atom. The Morgan fingerprint density at radius 1 is 1.26 bits per heavy atom. The number of rotatable bonds is 6. The molecule has 2 aromatic rings. The summed E-state index contributed by atoms with van der Waals surface area (Å²) in [4.78, 5) is 12.1. The Balaban J connectivity index is 1.79. The zero-order valence-corrected chi connectivity index (χ0v) is 18.2. The number of halogens is 1. The van der Waals surface area contributed by atoms with E-state index < -0.39 is 34.2 Å². The van der Waals surface area contributed by atoms with E-state index in [0.29, 0.717) is 16.9 Å². The monoisotopic (exact) mass is 452 g/mol. The molecule has 3 rings (SSSR count). The number of morpholine rings is 1. The summed E-state index contributed by atoms with van der Waals surface area (Å²) in [6.45, 7) is 4.88. The van der Waals surface area contributed by atoms with Crippen LogP contribution in [0.3, 0.4) is 0 Å². The van der Waals surface area contributed by atoms with Crippen LogP contribution in [0.25, 0.3) is 0 Å². The molecule has 168 valence electrons. The van der Waals surface area contributed by atoms with E-state index in [2.05, 4.69) is 0 Å². The topological polar surface area (TPSA) is 105 Å². The van der Waals surface area contributed by atoms with Gasteiger partial charge in [-0.3, -0.25) is 10.0 Å². The quantitative estimate of drug-likeness (QED) is 0.515. The number of hydroxylamine groups is 1. The average molecular weight is 453 g/mol. The van der Waals surface area contributed by atoms with Gasteiger partial charge in [0.25, 0.3) is 5.91 Å². The number of carbonyl (C=O) groups excluding carboxylic acids is 1. The summed E-state index contributed by atoms with van der Waals surface area (Å²) in [7, 11) is -4.06. The Bertz CT molecular complexity index is 1040. The first-order valence-electron chi connectivity index (χ1n) is 9.73. The molecular formula is C21H25FN2O6S. The van der Waals surface area contributed by atoms with Gasteiger partial charge in [-0.1, -0.05) is 18.2 Å². The largest absolute Gasteiger partial charge is 0.489 e. The number of amides is 1. The van der Waals surface area contributed by atoms with Crippen LogP contribution in [0, 0.1) is 12.7 Å². The van der Waals surface area contributed by atoms with Gasteiger partial charge in [-0.25, -0.2) is 18.3 Å². The molecule has 0 aliphatic carbocycles. The number of nitrogens with one attached hydrogen (secondary N) is 1. The predicted molar refractivity (Wildman–Crippen MR) is 110 cm³/mol. The van der Waals surface area contributed by atoms with E-state index in [0.717, 1.165) is 4.31 Å². The number of sulfonamides is 1. The summed E-state index contributed by atoms with van der Waals surface area (Å²) < 4.78 is 52.7. The summed E-state index contributed by atoms with van der Waals surface area (Å²) >= 11 is 0. The molecule has 0 bridgehead atoms. The molecule has 0 radical (unpaired) electrons. The van der Waals surface area contributed by atoms with E-state index in [1.807, 2.05) is 0 Å². The molecule has 2 aromatic carbocycles. The van der Waals surface area contributed by atoms with Crippen molar-refractivity contribution < 1.29 is 32.3 Å². The number of carbonyl (C=O) groups is 1. The zero-order chi connectivity index (χ0) is 22.8. The van der Waals surface area contributed by atoms with Crippen LogP contribution in [-0.2, 0) is 26.2 Å². The van der Waals surface area contributed by atoms with Gasteiger partial charge in [0.05, 0.1) is 17.1 Å². The highest BCUT2D eigenvalue weighted by atomic mass is 32.2. The van der Waals surface area contributed by atoms with Crippen LogP contribution < -0.4 is 10.2 Å². The number of aryl methyl sites for hydroxylation is 1. The molecule has 2 N–H and O–H groups in total. The van der Waals surface area contributed by atoms with Crippen LogP contribution in [0.15, 0.2) is 47.4 Å². The smallest absolute Gasteiger partial charge is 0.264 e. The van der Waals surface area contributed by atoms with Crippen molar-refractivity contribution in [3.05, 3.63) is 59.4 Å². The molecule has 0 saturated carbocycles. The molecule has 1 amide bonds. The van der Waals surface area contributed by atoms with Crippen molar-refractivity contribution in [1.29, 1.82) is 0 Å². The Labute approximate surface area is 180 Å². The lowest BCUT2D eigenvalue weighted by Gasteiger charge is -2.40. The fourth-order valence-corrected chi connectivity index (χ4v) is 5.29. The SMILES string of the molecule is Cc1cccc(COc2ccc(S(=O)(=O)N3C[C@H](C)O[C@@H](C)[C@@H]3C(=O)NO)cc2)c1F. The fraction of sp³-hybridized carbons (Fsp3) is 0.381. The summed E-state index contributed by atoms with van der Waals surface area (Å²) in [5.74, 6) is -0.846. The van der Waals surface area contributed by atoms with Crippen LogP contribution in [0.4, 0.5) is 4.39 Å². The van der Waals surface area contributed by atoms with E-state index in [-0.39, 0.29) is 23.9 Å². The van der Waals surface area contributed by atoms with Gasteiger partial charge in [-0.2, -0.15) is 4.31 Å². The second-order valence-corrected chi connectivity index (χ2v) is 9.35. The van der Waals surface area contributed by atoms with Gasteiger partial charge >= 0.3 is 0 Å². The fourth-order valence-electron chi connectivity index (χ4n) is 3.57. The second kappa shape index (κ2) is 9.31. The van der Waals surface area contributed by atoms with Crippen molar-refractivity contribution >= 4 is 15.9 Å². The van der Waals surface area contributed by atoms with Crippen molar-refractivity contribution in [2.24, 2.45) is 0 Å². The standard InChI is InChI=1S/C21H25FN2O6S/c1-13-5-4-6-16(19(13)22)12-29-17-7-9-18(10-8-17)31(27,28)24-11-14(2)30-15(3)20(24)21(25)23-26/h4-10,14-15,20,26H,11-12H2,1-3H3,(H,23,25)/t14-,15-,20+/m0/s1. The van der Waals surface area contributed by atoms with Gasteiger partial charge in [0, 0.05) is 12.1 Å². The van der Waals surface area contributed by atoms with Gasteiger partial charge in [0.2, 0.25) is 10.0 Å². The Morgan fingerprint density at radius 3 is 2.58 bits per heavy atom. The van der Waals surface area contributed by atoms with E-state index in [9.17, 15) is 17.6 Å². The van der Waals surface area contributed by atoms with Crippen molar-refractivity contribution in [2.45, 2.75) is 50.5 Å². The molecule has 10 heteroatoms. The third kappa shape index (κ3) is 4.87.